The smallest absolute Gasteiger partial charge is 0.267 e. The molecule has 1 N–H and O–H groups in total. The van der Waals surface area contributed by atoms with Gasteiger partial charge in [-0.05, 0) is 42.0 Å². The number of nitriles is 1. The summed E-state index contributed by atoms with van der Waals surface area (Å²) in [5.41, 5.74) is 2.83. The highest BCUT2D eigenvalue weighted by Gasteiger charge is 2.13. The number of carbonyl (C=O) groups is 1. The Hall–Kier alpha value is -3.51. The first kappa shape index (κ1) is 22.7. The van der Waals surface area contributed by atoms with Gasteiger partial charge in [0.25, 0.3) is 5.56 Å². The highest BCUT2D eigenvalue weighted by Crippen LogP contribution is 2.19. The molecule has 1 aliphatic heterocycles. The van der Waals surface area contributed by atoms with Gasteiger partial charge < -0.3 is 10.1 Å². The molecule has 1 amide bonds. The van der Waals surface area contributed by atoms with Crippen LogP contribution in [-0.2, 0) is 22.6 Å². The summed E-state index contributed by atoms with van der Waals surface area (Å²) in [6.45, 7) is 3.40. The maximum Gasteiger partial charge on any atom is 0.267 e. The molecular weight excluding hydrogens is 442 g/mol. The average Bonchev–Trinajstić information content (AvgIpc) is 2.81. The predicted octanol–water partition coefficient (Wildman–Crippen LogP) is 2.91. The average molecular weight is 464 g/mol. The van der Waals surface area contributed by atoms with E-state index in [2.05, 4.69) is 21.4 Å². The first-order valence-corrected chi connectivity index (χ1v) is 10.9. The summed E-state index contributed by atoms with van der Waals surface area (Å²) >= 11 is 5.93. The second-order valence-corrected chi connectivity index (χ2v) is 8.12. The number of nitrogens with zero attached hydrogens (tertiary/aromatic N) is 4. The molecule has 1 fully saturated rings. The zero-order valence-electron chi connectivity index (χ0n) is 17.8. The van der Waals surface area contributed by atoms with Crippen LogP contribution in [0.15, 0.2) is 59.4 Å². The lowest BCUT2D eigenvalue weighted by Gasteiger charge is -2.26. The van der Waals surface area contributed by atoms with E-state index in [1.165, 1.54) is 6.07 Å². The summed E-state index contributed by atoms with van der Waals surface area (Å²) < 4.78 is 6.49. The number of rotatable bonds is 6. The number of morpholine rings is 1. The molecule has 8 nitrogen and oxygen atoms in total. The van der Waals surface area contributed by atoms with E-state index in [1.807, 2.05) is 12.1 Å². The molecule has 0 aliphatic carbocycles. The SMILES string of the molecule is N#Cc1cc(CN2CCOCC2)cc(NC(=O)Cn2nc(-c3ccc(Cl)cc3)ccc2=O)c1. The maximum atomic E-state index is 12.7. The number of hydrogen-bond donors (Lipinski definition) is 1. The number of ether oxygens (including phenoxy) is 1. The lowest BCUT2D eigenvalue weighted by atomic mass is 10.1. The summed E-state index contributed by atoms with van der Waals surface area (Å²) in [6, 6.07) is 17.4. The van der Waals surface area contributed by atoms with Gasteiger partial charge in [-0.3, -0.25) is 14.5 Å². The minimum absolute atomic E-state index is 0.254. The van der Waals surface area contributed by atoms with Crippen LogP contribution in [-0.4, -0.2) is 46.9 Å². The Morgan fingerprint density at radius 2 is 1.88 bits per heavy atom. The highest BCUT2D eigenvalue weighted by atomic mass is 35.5. The number of aromatic nitrogens is 2. The normalized spacial score (nSPS) is 13.9. The fourth-order valence-corrected chi connectivity index (χ4v) is 3.74. The number of nitrogens with one attached hydrogen (secondary N) is 1. The van der Waals surface area contributed by atoms with E-state index in [0.717, 1.165) is 28.9 Å². The third-order valence-electron chi connectivity index (χ3n) is 5.22. The predicted molar refractivity (Wildman–Crippen MR) is 125 cm³/mol. The van der Waals surface area contributed by atoms with Crippen LogP contribution in [0.1, 0.15) is 11.1 Å². The monoisotopic (exact) mass is 463 g/mol. The highest BCUT2D eigenvalue weighted by molar-refractivity contribution is 6.30. The fraction of sp³-hybridized carbons (Fsp3) is 0.250. The third-order valence-corrected chi connectivity index (χ3v) is 5.47. The number of carbonyl (C=O) groups excluding carboxylic acids is 1. The minimum atomic E-state index is -0.412. The van der Waals surface area contributed by atoms with Gasteiger partial charge in [-0.25, -0.2) is 4.68 Å². The van der Waals surface area contributed by atoms with E-state index < -0.39 is 5.91 Å². The molecule has 4 rings (SSSR count). The quantitative estimate of drug-likeness (QED) is 0.603. The van der Waals surface area contributed by atoms with Gasteiger partial charge in [0.05, 0.1) is 30.5 Å². The molecule has 33 heavy (non-hydrogen) atoms. The third kappa shape index (κ3) is 6.05. The van der Waals surface area contributed by atoms with Crippen molar-refractivity contribution in [1.82, 2.24) is 14.7 Å². The number of halogens is 1. The van der Waals surface area contributed by atoms with Crippen LogP contribution in [0.3, 0.4) is 0 Å². The summed E-state index contributed by atoms with van der Waals surface area (Å²) in [6.07, 6.45) is 0. The van der Waals surface area contributed by atoms with Gasteiger partial charge in [-0.15, -0.1) is 0 Å². The topological polar surface area (TPSA) is 100 Å². The molecule has 2 aromatic carbocycles. The zero-order valence-corrected chi connectivity index (χ0v) is 18.6. The fourth-order valence-electron chi connectivity index (χ4n) is 3.61. The first-order chi connectivity index (χ1) is 16.0. The van der Waals surface area contributed by atoms with E-state index in [9.17, 15) is 14.9 Å². The Labute approximate surface area is 196 Å². The molecule has 1 saturated heterocycles. The molecule has 3 aromatic rings. The van der Waals surface area contributed by atoms with Crippen LogP contribution in [0.4, 0.5) is 5.69 Å². The van der Waals surface area contributed by atoms with Crippen LogP contribution in [0.25, 0.3) is 11.3 Å². The molecule has 2 heterocycles. The van der Waals surface area contributed by atoms with Gasteiger partial charge in [0.2, 0.25) is 5.91 Å². The molecule has 0 saturated carbocycles. The van der Waals surface area contributed by atoms with Gasteiger partial charge in [0.1, 0.15) is 6.54 Å². The molecule has 0 atom stereocenters. The molecule has 1 aromatic heterocycles. The van der Waals surface area contributed by atoms with Crippen molar-refractivity contribution in [1.29, 1.82) is 5.26 Å². The Morgan fingerprint density at radius 1 is 1.12 bits per heavy atom. The largest absolute Gasteiger partial charge is 0.379 e. The molecule has 9 heteroatoms. The van der Waals surface area contributed by atoms with Crippen molar-refractivity contribution in [3.05, 3.63) is 81.1 Å². The molecule has 0 unspecified atom stereocenters. The Morgan fingerprint density at radius 3 is 2.61 bits per heavy atom. The van der Waals surface area contributed by atoms with E-state index in [4.69, 9.17) is 16.3 Å². The molecule has 0 bridgehead atoms. The second kappa shape index (κ2) is 10.4. The summed E-state index contributed by atoms with van der Waals surface area (Å²) in [4.78, 5) is 27.2. The molecule has 168 valence electrons. The molecular formula is C24H22ClN5O3. The van der Waals surface area contributed by atoms with Crippen molar-refractivity contribution in [2.24, 2.45) is 0 Å². The van der Waals surface area contributed by atoms with Gasteiger partial charge in [0, 0.05) is 42.0 Å². The van der Waals surface area contributed by atoms with Gasteiger partial charge >= 0.3 is 0 Å². The Balaban J connectivity index is 1.49. The number of hydrogen-bond acceptors (Lipinski definition) is 6. The second-order valence-electron chi connectivity index (χ2n) is 7.69. The van der Waals surface area contributed by atoms with E-state index in [0.29, 0.717) is 41.7 Å². The molecule has 1 aliphatic rings. The van der Waals surface area contributed by atoms with Gasteiger partial charge in [0.15, 0.2) is 0 Å². The summed E-state index contributed by atoms with van der Waals surface area (Å²) in [5.74, 6) is -0.412. The standard InChI is InChI=1S/C24H22ClN5O3/c25-20-3-1-19(2-4-20)22-5-6-24(32)30(28-22)16-23(31)27-21-12-17(14-26)11-18(13-21)15-29-7-9-33-10-8-29/h1-6,11-13H,7-10,15-16H2,(H,27,31). The van der Waals surface area contributed by atoms with Crippen molar-refractivity contribution < 1.29 is 9.53 Å². The number of anilines is 1. The van der Waals surface area contributed by atoms with Crippen LogP contribution in [0.5, 0.6) is 0 Å². The van der Waals surface area contributed by atoms with E-state index in [-0.39, 0.29) is 12.1 Å². The van der Waals surface area contributed by atoms with Gasteiger partial charge in [-0.2, -0.15) is 10.4 Å². The zero-order chi connectivity index (χ0) is 23.2. The summed E-state index contributed by atoms with van der Waals surface area (Å²) in [5, 5.41) is 17.1. The lowest BCUT2D eigenvalue weighted by Crippen LogP contribution is -2.35. The van der Waals surface area contributed by atoms with Gasteiger partial charge in [-0.1, -0.05) is 23.7 Å². The number of amides is 1. The number of benzene rings is 2. The molecule has 0 spiro atoms. The maximum absolute atomic E-state index is 12.7. The van der Waals surface area contributed by atoms with Crippen LogP contribution >= 0.6 is 11.6 Å². The van der Waals surface area contributed by atoms with E-state index >= 15 is 0 Å². The minimum Gasteiger partial charge on any atom is -0.379 e. The Bertz CT molecular complexity index is 1240. The van der Waals surface area contributed by atoms with Crippen molar-refractivity contribution in [3.63, 3.8) is 0 Å². The molecule has 0 radical (unpaired) electrons. The van der Waals surface area contributed by atoms with Crippen molar-refractivity contribution in [2.75, 3.05) is 31.6 Å². The summed E-state index contributed by atoms with van der Waals surface area (Å²) in [7, 11) is 0. The van der Waals surface area contributed by atoms with E-state index in [1.54, 1.807) is 36.4 Å². The van der Waals surface area contributed by atoms with Crippen molar-refractivity contribution in [3.8, 4) is 17.3 Å². The van der Waals surface area contributed by atoms with Crippen molar-refractivity contribution >= 4 is 23.2 Å². The van der Waals surface area contributed by atoms with Crippen LogP contribution < -0.4 is 10.9 Å². The van der Waals surface area contributed by atoms with Crippen LogP contribution in [0.2, 0.25) is 5.02 Å². The lowest BCUT2D eigenvalue weighted by molar-refractivity contribution is -0.117. The van der Waals surface area contributed by atoms with Crippen LogP contribution in [0, 0.1) is 11.3 Å². The van der Waals surface area contributed by atoms with Crippen molar-refractivity contribution in [2.45, 2.75) is 13.1 Å². The Kier molecular flexibility index (Phi) is 7.15. The first-order valence-electron chi connectivity index (χ1n) is 10.5.